The van der Waals surface area contributed by atoms with E-state index in [4.69, 9.17) is 9.47 Å². The summed E-state index contributed by atoms with van der Waals surface area (Å²) in [5, 5.41) is 5.34. The van der Waals surface area contributed by atoms with Gasteiger partial charge < -0.3 is 20.1 Å². The predicted molar refractivity (Wildman–Crippen MR) is 102 cm³/mol. The zero-order valence-electron chi connectivity index (χ0n) is 15.0. The van der Waals surface area contributed by atoms with E-state index >= 15 is 0 Å². The average molecular weight is 382 g/mol. The van der Waals surface area contributed by atoms with E-state index in [1.54, 1.807) is 18.2 Å². The number of allylic oxidation sites excluding steroid dienone is 2. The first-order valence-corrected chi connectivity index (χ1v) is 9.06. The number of benzene rings is 2. The molecule has 1 atom stereocenters. The minimum Gasteiger partial charge on any atom is -0.454 e. The number of hydrogen-bond donors (Lipinski definition) is 2. The molecule has 0 fully saturated rings. The Bertz CT molecular complexity index is 957. The van der Waals surface area contributed by atoms with Crippen LogP contribution in [0.25, 0.3) is 0 Å². The number of halogens is 1. The number of rotatable bonds is 4. The Balaban J connectivity index is 1.46. The van der Waals surface area contributed by atoms with Gasteiger partial charge in [0.1, 0.15) is 5.82 Å². The van der Waals surface area contributed by atoms with Crippen LogP contribution in [0.4, 0.5) is 15.8 Å². The van der Waals surface area contributed by atoms with Crippen LogP contribution in [0.15, 0.2) is 48.6 Å². The van der Waals surface area contributed by atoms with Gasteiger partial charge in [0.25, 0.3) is 5.91 Å². The van der Waals surface area contributed by atoms with Crippen LogP contribution in [0.2, 0.25) is 0 Å². The second-order valence-corrected chi connectivity index (χ2v) is 6.69. The quantitative estimate of drug-likeness (QED) is 0.781. The topological polar surface area (TPSA) is 76.7 Å². The molecule has 0 unspecified atom stereocenters. The number of carbonyl (C=O) groups excluding carboxylic acids is 2. The highest BCUT2D eigenvalue weighted by Gasteiger charge is 2.20. The van der Waals surface area contributed by atoms with E-state index in [0.29, 0.717) is 29.2 Å². The maximum absolute atomic E-state index is 14.1. The van der Waals surface area contributed by atoms with Crippen LogP contribution in [0.5, 0.6) is 11.5 Å². The van der Waals surface area contributed by atoms with Crippen molar-refractivity contribution < 1.29 is 23.5 Å². The van der Waals surface area contributed by atoms with Crippen molar-refractivity contribution in [1.29, 1.82) is 0 Å². The van der Waals surface area contributed by atoms with Gasteiger partial charge in [-0.15, -0.1) is 0 Å². The minimum absolute atomic E-state index is 0.0445. The van der Waals surface area contributed by atoms with Gasteiger partial charge in [-0.2, -0.15) is 0 Å². The molecule has 0 spiro atoms. The van der Waals surface area contributed by atoms with Crippen molar-refractivity contribution >= 4 is 23.2 Å². The Hall–Kier alpha value is -3.35. The van der Waals surface area contributed by atoms with E-state index in [0.717, 1.165) is 12.8 Å². The molecule has 0 saturated heterocycles. The second kappa shape index (κ2) is 7.72. The van der Waals surface area contributed by atoms with Gasteiger partial charge in [-0.3, -0.25) is 9.59 Å². The summed E-state index contributed by atoms with van der Waals surface area (Å²) < 4.78 is 24.6. The molecule has 1 aliphatic heterocycles. The zero-order chi connectivity index (χ0) is 19.5. The third-order valence-corrected chi connectivity index (χ3v) is 4.76. The van der Waals surface area contributed by atoms with E-state index < -0.39 is 5.82 Å². The van der Waals surface area contributed by atoms with Crippen molar-refractivity contribution in [2.24, 2.45) is 5.92 Å². The normalized spacial score (nSPS) is 17.2. The molecule has 2 aromatic rings. The maximum atomic E-state index is 14.1. The summed E-state index contributed by atoms with van der Waals surface area (Å²) in [6.45, 7) is 0.123. The van der Waals surface area contributed by atoms with Gasteiger partial charge in [-0.25, -0.2) is 4.39 Å². The molecule has 2 aromatic carbocycles. The predicted octanol–water partition coefficient (Wildman–Crippen LogP) is 4.10. The number of nitrogens with one attached hydrogen (secondary N) is 2. The van der Waals surface area contributed by atoms with Crippen LogP contribution in [0.1, 0.15) is 29.6 Å². The number of ether oxygens (including phenoxy) is 2. The van der Waals surface area contributed by atoms with E-state index in [9.17, 15) is 14.0 Å². The molecule has 4 rings (SSSR count). The van der Waals surface area contributed by atoms with Crippen molar-refractivity contribution in [3.63, 3.8) is 0 Å². The van der Waals surface area contributed by atoms with Gasteiger partial charge in [-0.05, 0) is 55.7 Å². The summed E-state index contributed by atoms with van der Waals surface area (Å²) in [7, 11) is 0. The fourth-order valence-electron chi connectivity index (χ4n) is 3.21. The Kier molecular flexibility index (Phi) is 4.97. The fourth-order valence-corrected chi connectivity index (χ4v) is 3.21. The molecule has 144 valence electrons. The molecule has 0 bridgehead atoms. The second-order valence-electron chi connectivity index (χ2n) is 6.69. The average Bonchev–Trinajstić information content (AvgIpc) is 3.19. The first-order chi connectivity index (χ1) is 13.6. The molecule has 0 radical (unpaired) electrons. The minimum atomic E-state index is -0.555. The van der Waals surface area contributed by atoms with Crippen LogP contribution < -0.4 is 20.1 Å². The molecular weight excluding hydrogens is 363 g/mol. The Labute approximate surface area is 161 Å². The van der Waals surface area contributed by atoms with Crippen molar-refractivity contribution in [2.75, 3.05) is 17.4 Å². The highest BCUT2D eigenvalue weighted by molar-refractivity contribution is 6.05. The Morgan fingerprint density at radius 1 is 1.00 bits per heavy atom. The van der Waals surface area contributed by atoms with E-state index in [1.165, 1.54) is 18.2 Å². The van der Waals surface area contributed by atoms with Crippen LogP contribution in [0.3, 0.4) is 0 Å². The lowest BCUT2D eigenvalue weighted by Gasteiger charge is -2.18. The van der Waals surface area contributed by atoms with Crippen LogP contribution in [-0.4, -0.2) is 18.6 Å². The lowest BCUT2D eigenvalue weighted by Crippen LogP contribution is -2.24. The molecule has 2 amide bonds. The largest absolute Gasteiger partial charge is 0.454 e. The van der Waals surface area contributed by atoms with Gasteiger partial charge in [-0.1, -0.05) is 12.2 Å². The summed E-state index contributed by atoms with van der Waals surface area (Å²) in [4.78, 5) is 24.8. The molecule has 7 heteroatoms. The third-order valence-electron chi connectivity index (χ3n) is 4.76. The maximum Gasteiger partial charge on any atom is 0.255 e. The summed E-state index contributed by atoms with van der Waals surface area (Å²) in [6, 6.07) is 8.93. The molecule has 0 aromatic heterocycles. The number of anilines is 2. The number of amides is 2. The first-order valence-electron chi connectivity index (χ1n) is 9.06. The Morgan fingerprint density at radius 3 is 2.68 bits per heavy atom. The number of carbonyl (C=O) groups is 2. The van der Waals surface area contributed by atoms with Gasteiger partial charge in [0.05, 0.1) is 5.69 Å². The molecule has 1 aliphatic carbocycles. The lowest BCUT2D eigenvalue weighted by atomic mass is 9.93. The molecule has 28 heavy (non-hydrogen) atoms. The number of fused-ring (bicyclic) bond motifs is 1. The SMILES string of the molecule is O=C(Nc1ccc(F)c(NC(=O)[C@@H]2CC=CCC2)c1)c1ccc2c(c1)OCO2. The summed E-state index contributed by atoms with van der Waals surface area (Å²) in [5.41, 5.74) is 0.805. The van der Waals surface area contributed by atoms with Gasteiger partial charge in [0.2, 0.25) is 12.7 Å². The van der Waals surface area contributed by atoms with E-state index in [-0.39, 0.29) is 30.2 Å². The highest BCUT2D eigenvalue weighted by Crippen LogP contribution is 2.33. The molecule has 0 saturated carbocycles. The summed E-state index contributed by atoms with van der Waals surface area (Å²) in [5.74, 6) is -0.235. The third kappa shape index (κ3) is 3.83. The van der Waals surface area contributed by atoms with Gasteiger partial charge in [0.15, 0.2) is 11.5 Å². The lowest BCUT2D eigenvalue weighted by molar-refractivity contribution is -0.120. The summed E-state index contributed by atoms with van der Waals surface area (Å²) >= 11 is 0. The Morgan fingerprint density at radius 2 is 1.86 bits per heavy atom. The fraction of sp³-hybridized carbons (Fsp3) is 0.238. The standard InChI is InChI=1S/C21H19FN2O4/c22-16-8-7-15(11-17(16)24-20(25)13-4-2-1-3-5-13)23-21(26)14-6-9-18-19(10-14)28-12-27-18/h1-2,6-11,13H,3-5,12H2,(H,23,26)(H,24,25)/t13-/m1/s1. The van der Waals surface area contributed by atoms with Crippen molar-refractivity contribution in [3.05, 3.63) is 59.9 Å². The zero-order valence-corrected chi connectivity index (χ0v) is 15.0. The van der Waals surface area contributed by atoms with E-state index in [2.05, 4.69) is 10.6 Å². The van der Waals surface area contributed by atoms with Gasteiger partial charge in [0, 0.05) is 17.2 Å². The highest BCUT2D eigenvalue weighted by atomic mass is 19.1. The molecule has 6 nitrogen and oxygen atoms in total. The smallest absolute Gasteiger partial charge is 0.255 e. The van der Waals surface area contributed by atoms with Crippen LogP contribution in [-0.2, 0) is 4.79 Å². The van der Waals surface area contributed by atoms with E-state index in [1.807, 2.05) is 12.2 Å². The van der Waals surface area contributed by atoms with Crippen molar-refractivity contribution in [3.8, 4) is 11.5 Å². The summed E-state index contributed by atoms with van der Waals surface area (Å²) in [6.07, 6.45) is 6.23. The first kappa shape index (κ1) is 18.0. The van der Waals surface area contributed by atoms with Crippen LogP contribution in [0, 0.1) is 11.7 Å². The van der Waals surface area contributed by atoms with Crippen LogP contribution >= 0.6 is 0 Å². The van der Waals surface area contributed by atoms with Gasteiger partial charge >= 0.3 is 0 Å². The van der Waals surface area contributed by atoms with Crippen molar-refractivity contribution in [1.82, 2.24) is 0 Å². The molecule has 2 N–H and O–H groups in total. The number of hydrogen-bond acceptors (Lipinski definition) is 4. The molecule has 2 aliphatic rings. The molecular formula is C21H19FN2O4. The monoisotopic (exact) mass is 382 g/mol. The van der Waals surface area contributed by atoms with Crippen molar-refractivity contribution in [2.45, 2.75) is 19.3 Å². The molecule has 1 heterocycles.